The minimum absolute atomic E-state index is 0.371. The van der Waals surface area contributed by atoms with E-state index in [1.807, 2.05) is 19.1 Å². The van der Waals surface area contributed by atoms with Gasteiger partial charge in [-0.2, -0.15) is 0 Å². The molecule has 1 aromatic carbocycles. The molecule has 1 unspecified atom stereocenters. The molecule has 0 amide bonds. The molecule has 0 saturated carbocycles. The van der Waals surface area contributed by atoms with Crippen molar-refractivity contribution < 1.29 is 19.3 Å². The van der Waals surface area contributed by atoms with Crippen molar-refractivity contribution in [1.82, 2.24) is 0 Å². The van der Waals surface area contributed by atoms with E-state index >= 15 is 0 Å². The summed E-state index contributed by atoms with van der Waals surface area (Å²) in [6, 6.07) is 3.62. The molecule has 102 valence electrons. The molecule has 0 bridgehead atoms. The van der Waals surface area contributed by atoms with E-state index in [1.54, 1.807) is 21.3 Å². The van der Waals surface area contributed by atoms with Crippen LogP contribution in [0.2, 0.25) is 0 Å². The first-order valence-electron chi connectivity index (χ1n) is 5.88. The molecule has 0 radical (unpaired) electrons. The SMILES string of the molecule is CCC(O)CNc1cc(OC)c(OC)c(OC)c1. The van der Waals surface area contributed by atoms with Gasteiger partial charge in [-0.15, -0.1) is 0 Å². The van der Waals surface area contributed by atoms with Crippen LogP contribution in [-0.4, -0.2) is 39.1 Å². The molecule has 0 fully saturated rings. The van der Waals surface area contributed by atoms with E-state index in [1.165, 1.54) is 0 Å². The molecular formula is C13H21NO4. The zero-order valence-corrected chi connectivity index (χ0v) is 11.3. The smallest absolute Gasteiger partial charge is 0.203 e. The molecule has 0 aromatic heterocycles. The quantitative estimate of drug-likeness (QED) is 0.779. The summed E-state index contributed by atoms with van der Waals surface area (Å²) in [4.78, 5) is 0. The van der Waals surface area contributed by atoms with Gasteiger partial charge in [0.1, 0.15) is 0 Å². The monoisotopic (exact) mass is 255 g/mol. The highest BCUT2D eigenvalue weighted by atomic mass is 16.5. The van der Waals surface area contributed by atoms with Crippen LogP contribution in [0, 0.1) is 0 Å². The topological polar surface area (TPSA) is 60.0 Å². The Balaban J connectivity index is 2.93. The first-order chi connectivity index (χ1) is 8.65. The third-order valence-corrected chi connectivity index (χ3v) is 2.68. The Morgan fingerprint density at radius 1 is 1.11 bits per heavy atom. The van der Waals surface area contributed by atoms with Crippen LogP contribution in [0.5, 0.6) is 17.2 Å². The Kier molecular flexibility index (Phi) is 5.58. The molecule has 1 atom stereocenters. The highest BCUT2D eigenvalue weighted by Gasteiger charge is 2.13. The van der Waals surface area contributed by atoms with Crippen molar-refractivity contribution in [2.75, 3.05) is 33.2 Å². The maximum absolute atomic E-state index is 9.52. The molecule has 18 heavy (non-hydrogen) atoms. The third-order valence-electron chi connectivity index (χ3n) is 2.68. The third kappa shape index (κ3) is 3.43. The molecule has 0 heterocycles. The predicted octanol–water partition coefficient (Wildman–Crippen LogP) is 1.90. The van der Waals surface area contributed by atoms with Gasteiger partial charge >= 0.3 is 0 Å². The first kappa shape index (κ1) is 14.4. The molecule has 0 aliphatic rings. The number of aliphatic hydroxyl groups excluding tert-OH is 1. The predicted molar refractivity (Wildman–Crippen MR) is 70.9 cm³/mol. The summed E-state index contributed by atoms with van der Waals surface area (Å²) in [5.74, 6) is 1.73. The summed E-state index contributed by atoms with van der Waals surface area (Å²) in [6.45, 7) is 2.41. The highest BCUT2D eigenvalue weighted by Crippen LogP contribution is 2.39. The molecule has 0 saturated heterocycles. The number of ether oxygens (including phenoxy) is 3. The first-order valence-corrected chi connectivity index (χ1v) is 5.88. The van der Waals surface area contributed by atoms with E-state index in [0.717, 1.165) is 5.69 Å². The lowest BCUT2D eigenvalue weighted by Gasteiger charge is -2.16. The number of nitrogens with one attached hydrogen (secondary N) is 1. The zero-order valence-electron chi connectivity index (χ0n) is 11.3. The maximum atomic E-state index is 9.52. The second kappa shape index (κ2) is 6.96. The van der Waals surface area contributed by atoms with Gasteiger partial charge in [0, 0.05) is 24.4 Å². The van der Waals surface area contributed by atoms with Crippen molar-refractivity contribution in [2.24, 2.45) is 0 Å². The van der Waals surface area contributed by atoms with Crippen LogP contribution >= 0.6 is 0 Å². The van der Waals surface area contributed by atoms with Crippen molar-refractivity contribution in [1.29, 1.82) is 0 Å². The Labute approximate surface area is 108 Å². The Morgan fingerprint density at radius 2 is 1.67 bits per heavy atom. The average molecular weight is 255 g/mol. The van der Waals surface area contributed by atoms with Crippen molar-refractivity contribution in [3.8, 4) is 17.2 Å². The fourth-order valence-corrected chi connectivity index (χ4v) is 1.56. The summed E-state index contributed by atoms with van der Waals surface area (Å²) in [7, 11) is 4.71. The summed E-state index contributed by atoms with van der Waals surface area (Å²) < 4.78 is 15.7. The van der Waals surface area contributed by atoms with Gasteiger partial charge in [0.2, 0.25) is 5.75 Å². The van der Waals surface area contributed by atoms with E-state index in [4.69, 9.17) is 14.2 Å². The molecule has 0 aliphatic heterocycles. The van der Waals surface area contributed by atoms with Crippen molar-refractivity contribution in [3.05, 3.63) is 12.1 Å². The zero-order chi connectivity index (χ0) is 13.5. The van der Waals surface area contributed by atoms with Crippen molar-refractivity contribution in [2.45, 2.75) is 19.4 Å². The number of methoxy groups -OCH3 is 3. The number of anilines is 1. The fourth-order valence-electron chi connectivity index (χ4n) is 1.56. The van der Waals surface area contributed by atoms with E-state index in [2.05, 4.69) is 5.32 Å². The molecule has 1 aromatic rings. The molecule has 0 aliphatic carbocycles. The lowest BCUT2D eigenvalue weighted by Crippen LogP contribution is -2.18. The maximum Gasteiger partial charge on any atom is 0.203 e. The van der Waals surface area contributed by atoms with E-state index in [-0.39, 0.29) is 6.10 Å². The van der Waals surface area contributed by atoms with Crippen molar-refractivity contribution in [3.63, 3.8) is 0 Å². The number of hydrogen-bond donors (Lipinski definition) is 2. The Bertz CT molecular complexity index is 356. The summed E-state index contributed by atoms with van der Waals surface area (Å²) in [5.41, 5.74) is 0.817. The van der Waals surface area contributed by atoms with Crippen molar-refractivity contribution >= 4 is 5.69 Å². The summed E-state index contributed by atoms with van der Waals surface area (Å²) in [5, 5.41) is 12.7. The second-order valence-electron chi connectivity index (χ2n) is 3.86. The minimum Gasteiger partial charge on any atom is -0.493 e. The molecule has 5 nitrogen and oxygen atoms in total. The Hall–Kier alpha value is -1.62. The van der Waals surface area contributed by atoms with Gasteiger partial charge in [-0.05, 0) is 6.42 Å². The molecule has 2 N–H and O–H groups in total. The lowest BCUT2D eigenvalue weighted by molar-refractivity contribution is 0.183. The standard InChI is InChI=1S/C13H21NO4/c1-5-10(15)8-14-9-6-11(16-2)13(18-4)12(7-9)17-3/h6-7,10,14-15H,5,8H2,1-4H3. The number of rotatable bonds is 7. The van der Waals surface area contributed by atoms with Crippen LogP contribution < -0.4 is 19.5 Å². The normalized spacial score (nSPS) is 11.8. The molecular weight excluding hydrogens is 234 g/mol. The summed E-state index contributed by atoms with van der Waals surface area (Å²) >= 11 is 0. The van der Waals surface area contributed by atoms with Crippen LogP contribution in [0.1, 0.15) is 13.3 Å². The minimum atomic E-state index is -0.371. The highest BCUT2D eigenvalue weighted by molar-refractivity contribution is 5.62. The Morgan fingerprint density at radius 3 is 2.06 bits per heavy atom. The summed E-state index contributed by atoms with van der Waals surface area (Å²) in [6.07, 6.45) is 0.335. The van der Waals surface area contributed by atoms with E-state index in [0.29, 0.717) is 30.2 Å². The van der Waals surface area contributed by atoms with Gasteiger partial charge in [0.15, 0.2) is 11.5 Å². The van der Waals surface area contributed by atoms with Gasteiger partial charge in [-0.3, -0.25) is 0 Å². The largest absolute Gasteiger partial charge is 0.493 e. The van der Waals surface area contributed by atoms with Gasteiger partial charge in [0.25, 0.3) is 0 Å². The molecule has 1 rings (SSSR count). The van der Waals surface area contributed by atoms with Crippen LogP contribution in [0.15, 0.2) is 12.1 Å². The number of benzene rings is 1. The van der Waals surface area contributed by atoms with Gasteiger partial charge in [-0.1, -0.05) is 6.92 Å². The van der Waals surface area contributed by atoms with Crippen LogP contribution in [0.25, 0.3) is 0 Å². The number of aliphatic hydroxyl groups is 1. The lowest BCUT2D eigenvalue weighted by atomic mass is 10.2. The molecule has 5 heteroatoms. The van der Waals surface area contributed by atoms with Crippen LogP contribution in [0.3, 0.4) is 0 Å². The molecule has 0 spiro atoms. The van der Waals surface area contributed by atoms with Crippen LogP contribution in [-0.2, 0) is 0 Å². The number of hydrogen-bond acceptors (Lipinski definition) is 5. The van der Waals surface area contributed by atoms with Gasteiger partial charge < -0.3 is 24.6 Å². The van der Waals surface area contributed by atoms with E-state index in [9.17, 15) is 5.11 Å². The van der Waals surface area contributed by atoms with Crippen LogP contribution in [0.4, 0.5) is 5.69 Å². The second-order valence-corrected chi connectivity index (χ2v) is 3.86. The average Bonchev–Trinajstić information content (AvgIpc) is 2.43. The fraction of sp³-hybridized carbons (Fsp3) is 0.538. The van der Waals surface area contributed by atoms with Gasteiger partial charge in [-0.25, -0.2) is 0 Å². The van der Waals surface area contributed by atoms with E-state index < -0.39 is 0 Å². The van der Waals surface area contributed by atoms with Gasteiger partial charge in [0.05, 0.1) is 27.4 Å².